The van der Waals surface area contributed by atoms with Crippen LogP contribution in [0.5, 0.6) is 0 Å². The average molecular weight is 271 g/mol. The second-order valence-electron chi connectivity index (χ2n) is 5.03. The van der Waals surface area contributed by atoms with Crippen molar-refractivity contribution in [3.63, 3.8) is 0 Å². The lowest BCUT2D eigenvalue weighted by molar-refractivity contribution is -0.138. The molecule has 0 fully saturated rings. The lowest BCUT2D eigenvalue weighted by Crippen LogP contribution is -2.28. The molecule has 19 heavy (non-hydrogen) atoms. The van der Waals surface area contributed by atoms with Crippen molar-refractivity contribution in [1.82, 2.24) is 0 Å². The lowest BCUT2D eigenvalue weighted by atomic mass is 10.0. The van der Waals surface area contributed by atoms with Gasteiger partial charge in [-0.1, -0.05) is 64.7 Å². The molecule has 5 nitrogen and oxygen atoms in total. The molecule has 0 amide bonds. The van der Waals surface area contributed by atoms with Crippen LogP contribution in [0.25, 0.3) is 0 Å². The highest BCUT2D eigenvalue weighted by Crippen LogP contribution is 2.12. The number of aliphatic imine (C=N–C) groups is 1. The zero-order valence-corrected chi connectivity index (χ0v) is 12.1. The highest BCUT2D eigenvalue weighted by Gasteiger charge is 2.15. The first-order valence-electron chi connectivity index (χ1n) is 7.39. The number of nitrogens with two attached hydrogens (primary N) is 2. The third kappa shape index (κ3) is 11.6. The molecule has 0 saturated heterocycles. The van der Waals surface area contributed by atoms with Crippen LogP contribution >= 0.6 is 0 Å². The van der Waals surface area contributed by atoms with Gasteiger partial charge in [0, 0.05) is 0 Å². The fourth-order valence-electron chi connectivity index (χ4n) is 2.07. The van der Waals surface area contributed by atoms with Gasteiger partial charge in [0.15, 0.2) is 12.0 Å². The van der Waals surface area contributed by atoms with Gasteiger partial charge in [-0.3, -0.25) is 0 Å². The Labute approximate surface area is 116 Å². The van der Waals surface area contributed by atoms with Gasteiger partial charge in [0.05, 0.1) is 0 Å². The smallest absolute Gasteiger partial charge is 0.328 e. The molecule has 5 heteroatoms. The summed E-state index contributed by atoms with van der Waals surface area (Å²) in [7, 11) is 0. The van der Waals surface area contributed by atoms with Gasteiger partial charge in [0.1, 0.15) is 0 Å². The van der Waals surface area contributed by atoms with Crippen molar-refractivity contribution in [3.05, 3.63) is 0 Å². The van der Waals surface area contributed by atoms with Crippen LogP contribution in [0.2, 0.25) is 0 Å². The van der Waals surface area contributed by atoms with E-state index < -0.39 is 12.0 Å². The molecular formula is C14H29N3O2. The van der Waals surface area contributed by atoms with E-state index in [4.69, 9.17) is 16.6 Å². The maximum Gasteiger partial charge on any atom is 0.328 e. The number of unbranched alkanes of at least 4 members (excludes halogenated alkanes) is 8. The monoisotopic (exact) mass is 271 g/mol. The van der Waals surface area contributed by atoms with Crippen LogP contribution in [0, 0.1) is 0 Å². The zero-order valence-electron chi connectivity index (χ0n) is 12.1. The Balaban J connectivity index is 3.51. The number of carboxylic acids is 1. The van der Waals surface area contributed by atoms with Crippen molar-refractivity contribution in [2.75, 3.05) is 0 Å². The molecule has 1 atom stereocenters. The van der Waals surface area contributed by atoms with Gasteiger partial charge in [-0.15, -0.1) is 0 Å². The third-order valence-electron chi connectivity index (χ3n) is 3.17. The van der Waals surface area contributed by atoms with Gasteiger partial charge in [0.25, 0.3) is 0 Å². The van der Waals surface area contributed by atoms with E-state index in [2.05, 4.69) is 11.9 Å². The van der Waals surface area contributed by atoms with Crippen LogP contribution in [-0.4, -0.2) is 23.1 Å². The Bertz CT molecular complexity index is 263. The Hall–Kier alpha value is -1.26. The standard InChI is InChI=1S/C14H29N3O2/c1-2-3-4-5-6-7-8-9-10-11-12(13(18)19)17-14(15)16/h12H,2-11H2,1H3,(H,18,19)(H4,15,16,17). The first-order valence-corrected chi connectivity index (χ1v) is 7.39. The summed E-state index contributed by atoms with van der Waals surface area (Å²) >= 11 is 0. The summed E-state index contributed by atoms with van der Waals surface area (Å²) in [5.74, 6) is -1.10. The summed E-state index contributed by atoms with van der Waals surface area (Å²) in [5.41, 5.74) is 10.4. The highest BCUT2D eigenvalue weighted by molar-refractivity contribution is 5.81. The molecule has 0 aromatic carbocycles. The number of carbonyl (C=O) groups is 1. The third-order valence-corrected chi connectivity index (χ3v) is 3.17. The SMILES string of the molecule is CCCCCCCCCCCC(N=C(N)N)C(=O)O. The van der Waals surface area contributed by atoms with Crippen LogP contribution in [0.15, 0.2) is 4.99 Å². The predicted octanol–water partition coefficient (Wildman–Crippen LogP) is 2.63. The zero-order chi connectivity index (χ0) is 14.5. The number of aliphatic carboxylic acids is 1. The molecule has 0 spiro atoms. The molecule has 0 aliphatic rings. The minimum Gasteiger partial charge on any atom is -0.480 e. The summed E-state index contributed by atoms with van der Waals surface area (Å²) in [6.07, 6.45) is 11.4. The molecule has 0 radical (unpaired) electrons. The van der Waals surface area contributed by atoms with Crippen LogP contribution in [0.1, 0.15) is 71.1 Å². The van der Waals surface area contributed by atoms with Gasteiger partial charge < -0.3 is 16.6 Å². The van der Waals surface area contributed by atoms with Gasteiger partial charge in [0.2, 0.25) is 0 Å². The quantitative estimate of drug-likeness (QED) is 0.288. The van der Waals surface area contributed by atoms with Crippen molar-refractivity contribution < 1.29 is 9.90 Å². The molecule has 1 unspecified atom stereocenters. The first kappa shape index (κ1) is 17.7. The molecule has 0 rings (SSSR count). The number of carboxylic acid groups (broad SMARTS) is 1. The molecule has 0 aromatic heterocycles. The highest BCUT2D eigenvalue weighted by atomic mass is 16.4. The molecule has 0 heterocycles. The van der Waals surface area contributed by atoms with Gasteiger partial charge in [-0.25, -0.2) is 9.79 Å². The van der Waals surface area contributed by atoms with E-state index in [1.165, 1.54) is 44.9 Å². The molecule has 0 aliphatic heterocycles. The Morgan fingerprint density at radius 3 is 1.89 bits per heavy atom. The van der Waals surface area contributed by atoms with Crippen LogP contribution < -0.4 is 11.5 Å². The fraction of sp³-hybridized carbons (Fsp3) is 0.857. The molecule has 0 aliphatic carbocycles. The lowest BCUT2D eigenvalue weighted by Gasteiger charge is -2.07. The van der Waals surface area contributed by atoms with Crippen molar-refractivity contribution in [2.24, 2.45) is 16.5 Å². The number of hydrogen-bond donors (Lipinski definition) is 3. The fourth-order valence-corrected chi connectivity index (χ4v) is 2.07. The topological polar surface area (TPSA) is 102 Å². The summed E-state index contributed by atoms with van der Waals surface area (Å²) in [4.78, 5) is 14.6. The van der Waals surface area contributed by atoms with E-state index in [0.717, 1.165) is 12.8 Å². The second kappa shape index (κ2) is 11.8. The average Bonchev–Trinajstić information content (AvgIpc) is 2.34. The molecule has 0 bridgehead atoms. The van der Waals surface area contributed by atoms with Crippen LogP contribution in [-0.2, 0) is 4.79 Å². The molecular weight excluding hydrogens is 242 g/mol. The predicted molar refractivity (Wildman–Crippen MR) is 79.1 cm³/mol. The maximum atomic E-state index is 10.9. The van der Waals surface area contributed by atoms with Gasteiger partial charge in [-0.2, -0.15) is 0 Å². The largest absolute Gasteiger partial charge is 0.480 e. The number of guanidine groups is 1. The Morgan fingerprint density at radius 1 is 1.00 bits per heavy atom. The number of hydrogen-bond acceptors (Lipinski definition) is 2. The summed E-state index contributed by atoms with van der Waals surface area (Å²) in [6, 6.07) is -0.783. The number of nitrogens with zero attached hydrogens (tertiary/aromatic N) is 1. The van der Waals surface area contributed by atoms with Crippen molar-refractivity contribution in [2.45, 2.75) is 77.2 Å². The van der Waals surface area contributed by atoms with E-state index in [1.54, 1.807) is 0 Å². The summed E-state index contributed by atoms with van der Waals surface area (Å²) in [5, 5.41) is 8.93. The molecule has 5 N–H and O–H groups in total. The van der Waals surface area contributed by atoms with E-state index in [0.29, 0.717) is 6.42 Å². The Morgan fingerprint density at radius 2 is 1.47 bits per heavy atom. The minimum absolute atomic E-state index is 0.150. The van der Waals surface area contributed by atoms with Crippen molar-refractivity contribution >= 4 is 11.9 Å². The Kier molecular flexibility index (Phi) is 11.0. The van der Waals surface area contributed by atoms with Crippen molar-refractivity contribution in [3.8, 4) is 0 Å². The first-order chi connectivity index (χ1) is 9.07. The number of rotatable bonds is 12. The summed E-state index contributed by atoms with van der Waals surface area (Å²) < 4.78 is 0. The molecule has 0 aromatic rings. The van der Waals surface area contributed by atoms with E-state index >= 15 is 0 Å². The van der Waals surface area contributed by atoms with Crippen LogP contribution in [0.3, 0.4) is 0 Å². The van der Waals surface area contributed by atoms with Crippen LogP contribution in [0.4, 0.5) is 0 Å². The summed E-state index contributed by atoms with van der Waals surface area (Å²) in [6.45, 7) is 2.22. The van der Waals surface area contributed by atoms with Gasteiger partial charge >= 0.3 is 5.97 Å². The van der Waals surface area contributed by atoms with E-state index in [1.807, 2.05) is 0 Å². The molecule has 0 saturated carbocycles. The van der Waals surface area contributed by atoms with E-state index in [-0.39, 0.29) is 5.96 Å². The van der Waals surface area contributed by atoms with Gasteiger partial charge in [-0.05, 0) is 6.42 Å². The molecule has 112 valence electrons. The van der Waals surface area contributed by atoms with E-state index in [9.17, 15) is 4.79 Å². The maximum absolute atomic E-state index is 10.9. The minimum atomic E-state index is -0.951. The van der Waals surface area contributed by atoms with Crippen molar-refractivity contribution in [1.29, 1.82) is 0 Å². The normalized spacial score (nSPS) is 12.1. The second-order valence-corrected chi connectivity index (χ2v) is 5.03.